The van der Waals surface area contributed by atoms with Crippen LogP contribution < -0.4 is 4.72 Å². The van der Waals surface area contributed by atoms with E-state index in [0.29, 0.717) is 0 Å². The van der Waals surface area contributed by atoms with Crippen LogP contribution in [0.4, 0.5) is 0 Å². The lowest BCUT2D eigenvalue weighted by Crippen LogP contribution is -2.33. The van der Waals surface area contributed by atoms with Crippen LogP contribution in [0.15, 0.2) is 29.2 Å². The van der Waals surface area contributed by atoms with Crippen molar-refractivity contribution in [3.63, 3.8) is 0 Å². The fourth-order valence-electron chi connectivity index (χ4n) is 1.80. The highest BCUT2D eigenvalue weighted by Crippen LogP contribution is 2.17. The highest BCUT2D eigenvalue weighted by Gasteiger charge is 2.23. The van der Waals surface area contributed by atoms with Gasteiger partial charge < -0.3 is 4.74 Å². The molecule has 0 amide bonds. The molecule has 1 rings (SSSR count). The molecule has 6 heteroatoms. The van der Waals surface area contributed by atoms with Crippen LogP contribution in [0, 0.1) is 0 Å². The van der Waals surface area contributed by atoms with E-state index in [1.165, 1.54) is 19.2 Å². The minimum atomic E-state index is -3.72. The second-order valence-corrected chi connectivity index (χ2v) is 5.98. The number of carbonyl (C=O) groups is 1. The van der Waals surface area contributed by atoms with Crippen LogP contribution in [0.3, 0.4) is 0 Å². The number of nitrogens with one attached hydrogen (secondary N) is 1. The molecule has 0 bridgehead atoms. The number of sulfonamides is 1. The van der Waals surface area contributed by atoms with Crippen molar-refractivity contribution in [2.45, 2.75) is 37.6 Å². The summed E-state index contributed by atoms with van der Waals surface area (Å²) in [6.45, 7) is 3.77. The van der Waals surface area contributed by atoms with E-state index in [9.17, 15) is 13.2 Å². The SMILES string of the molecule is CCCC(C)NS(=O)(=O)c1ccccc1C(=O)OC. The molecule has 0 heterocycles. The van der Waals surface area contributed by atoms with E-state index in [0.717, 1.165) is 12.8 Å². The molecule has 0 aliphatic carbocycles. The number of rotatable bonds is 6. The minimum absolute atomic E-state index is 0.0428. The van der Waals surface area contributed by atoms with Crippen molar-refractivity contribution in [3.05, 3.63) is 29.8 Å². The van der Waals surface area contributed by atoms with Crippen LogP contribution in [0.5, 0.6) is 0 Å². The number of hydrogen-bond acceptors (Lipinski definition) is 4. The third-order valence-corrected chi connectivity index (χ3v) is 4.31. The van der Waals surface area contributed by atoms with Gasteiger partial charge in [-0.2, -0.15) is 0 Å². The van der Waals surface area contributed by atoms with E-state index in [2.05, 4.69) is 9.46 Å². The van der Waals surface area contributed by atoms with Gasteiger partial charge in [0.1, 0.15) is 0 Å². The van der Waals surface area contributed by atoms with E-state index in [-0.39, 0.29) is 16.5 Å². The predicted octanol–water partition coefficient (Wildman–Crippen LogP) is 1.94. The molecule has 5 nitrogen and oxygen atoms in total. The maximum atomic E-state index is 12.2. The molecule has 0 aliphatic rings. The Morgan fingerprint density at radius 3 is 2.58 bits per heavy atom. The number of hydrogen-bond donors (Lipinski definition) is 1. The molecular weight excluding hydrogens is 266 g/mol. The van der Waals surface area contributed by atoms with Gasteiger partial charge in [-0.15, -0.1) is 0 Å². The van der Waals surface area contributed by atoms with Gasteiger partial charge in [0.15, 0.2) is 0 Å². The lowest BCUT2D eigenvalue weighted by Gasteiger charge is -2.14. The highest BCUT2D eigenvalue weighted by atomic mass is 32.2. The second-order valence-electron chi connectivity index (χ2n) is 4.30. The largest absolute Gasteiger partial charge is 0.465 e. The molecule has 0 fully saturated rings. The first-order chi connectivity index (χ1) is 8.92. The third-order valence-electron chi connectivity index (χ3n) is 2.66. The van der Waals surface area contributed by atoms with Gasteiger partial charge in [-0.3, -0.25) is 0 Å². The van der Waals surface area contributed by atoms with Gasteiger partial charge >= 0.3 is 5.97 Å². The highest BCUT2D eigenvalue weighted by molar-refractivity contribution is 7.89. The average molecular weight is 285 g/mol. The van der Waals surface area contributed by atoms with Gasteiger partial charge in [0.25, 0.3) is 0 Å². The number of esters is 1. The molecule has 1 N–H and O–H groups in total. The van der Waals surface area contributed by atoms with Crippen LogP contribution in [0.2, 0.25) is 0 Å². The third kappa shape index (κ3) is 4.04. The summed E-state index contributed by atoms with van der Waals surface area (Å²) in [5.41, 5.74) is 0.0428. The predicted molar refractivity (Wildman–Crippen MR) is 72.5 cm³/mol. The maximum absolute atomic E-state index is 12.2. The molecule has 1 aromatic carbocycles. The van der Waals surface area contributed by atoms with Crippen LogP contribution in [0.25, 0.3) is 0 Å². The Hall–Kier alpha value is -1.40. The van der Waals surface area contributed by atoms with Crippen molar-refractivity contribution in [3.8, 4) is 0 Å². The Balaban J connectivity index is 3.11. The smallest absolute Gasteiger partial charge is 0.339 e. The molecule has 1 aromatic rings. The van der Waals surface area contributed by atoms with Crippen LogP contribution >= 0.6 is 0 Å². The molecule has 0 spiro atoms. The summed E-state index contributed by atoms with van der Waals surface area (Å²) in [4.78, 5) is 11.5. The van der Waals surface area contributed by atoms with Gasteiger partial charge in [-0.1, -0.05) is 25.5 Å². The Bertz CT molecular complexity index is 539. The van der Waals surface area contributed by atoms with Crippen molar-refractivity contribution >= 4 is 16.0 Å². The quantitative estimate of drug-likeness (QED) is 0.811. The first kappa shape index (κ1) is 15.7. The molecule has 1 atom stereocenters. The fourth-order valence-corrected chi connectivity index (χ4v) is 3.27. The van der Waals surface area contributed by atoms with Crippen molar-refractivity contribution in [2.75, 3.05) is 7.11 Å². The standard InChI is InChI=1S/C13H19NO4S/c1-4-7-10(2)14-19(16,17)12-9-6-5-8-11(12)13(15)18-3/h5-6,8-10,14H,4,7H2,1-3H3. The summed E-state index contributed by atoms with van der Waals surface area (Å²) in [5, 5.41) is 0. The lowest BCUT2D eigenvalue weighted by molar-refractivity contribution is 0.0596. The summed E-state index contributed by atoms with van der Waals surface area (Å²) in [6.07, 6.45) is 1.61. The van der Waals surface area contributed by atoms with Gasteiger partial charge in [-0.05, 0) is 25.5 Å². The molecule has 106 valence electrons. The summed E-state index contributed by atoms with van der Waals surface area (Å²) in [6, 6.07) is 5.82. The molecule has 0 aliphatic heterocycles. The molecule has 0 saturated heterocycles. The average Bonchev–Trinajstić information content (AvgIpc) is 2.37. The van der Waals surface area contributed by atoms with Gasteiger partial charge in [0.05, 0.1) is 17.6 Å². The van der Waals surface area contributed by atoms with Gasteiger partial charge in [0.2, 0.25) is 10.0 Å². The summed E-state index contributed by atoms with van der Waals surface area (Å²) in [5.74, 6) is -0.663. The molecule has 19 heavy (non-hydrogen) atoms. The lowest BCUT2D eigenvalue weighted by atomic mass is 10.2. The van der Waals surface area contributed by atoms with Gasteiger partial charge in [0, 0.05) is 6.04 Å². The topological polar surface area (TPSA) is 72.5 Å². The first-order valence-electron chi connectivity index (χ1n) is 6.12. The van der Waals surface area contributed by atoms with E-state index >= 15 is 0 Å². The molecule has 0 radical (unpaired) electrons. The van der Waals surface area contributed by atoms with Crippen molar-refractivity contribution in [1.29, 1.82) is 0 Å². The van der Waals surface area contributed by atoms with Crippen molar-refractivity contribution < 1.29 is 17.9 Å². The normalized spacial score (nSPS) is 13.0. The van der Waals surface area contributed by atoms with E-state index in [1.807, 2.05) is 6.92 Å². The molecular formula is C13H19NO4S. The van der Waals surface area contributed by atoms with E-state index < -0.39 is 16.0 Å². The summed E-state index contributed by atoms with van der Waals surface area (Å²) in [7, 11) is -2.50. The Labute approximate surface area is 114 Å². The van der Waals surface area contributed by atoms with Crippen molar-refractivity contribution in [2.24, 2.45) is 0 Å². The first-order valence-corrected chi connectivity index (χ1v) is 7.60. The van der Waals surface area contributed by atoms with Crippen LogP contribution in [-0.2, 0) is 14.8 Å². The monoisotopic (exact) mass is 285 g/mol. The zero-order valence-electron chi connectivity index (χ0n) is 11.3. The van der Waals surface area contributed by atoms with E-state index in [4.69, 9.17) is 0 Å². The Morgan fingerprint density at radius 1 is 1.37 bits per heavy atom. The number of benzene rings is 1. The zero-order valence-corrected chi connectivity index (χ0v) is 12.2. The second kappa shape index (κ2) is 6.68. The number of ether oxygens (including phenoxy) is 1. The fraction of sp³-hybridized carbons (Fsp3) is 0.462. The van der Waals surface area contributed by atoms with E-state index in [1.54, 1.807) is 19.1 Å². The van der Waals surface area contributed by atoms with Gasteiger partial charge in [-0.25, -0.2) is 17.9 Å². The zero-order chi connectivity index (χ0) is 14.5. The van der Waals surface area contributed by atoms with Crippen molar-refractivity contribution in [1.82, 2.24) is 4.72 Å². The Morgan fingerprint density at radius 2 is 2.00 bits per heavy atom. The summed E-state index contributed by atoms with van der Waals surface area (Å²) >= 11 is 0. The Kier molecular flexibility index (Phi) is 5.50. The minimum Gasteiger partial charge on any atom is -0.465 e. The number of methoxy groups -OCH3 is 1. The molecule has 1 unspecified atom stereocenters. The number of carbonyl (C=O) groups excluding carboxylic acids is 1. The summed E-state index contributed by atoms with van der Waals surface area (Å²) < 4.78 is 31.6. The molecule has 0 aromatic heterocycles. The van der Waals surface area contributed by atoms with Crippen LogP contribution in [-0.4, -0.2) is 27.5 Å². The maximum Gasteiger partial charge on any atom is 0.339 e. The molecule has 0 saturated carbocycles. The van der Waals surface area contributed by atoms with Crippen LogP contribution in [0.1, 0.15) is 37.0 Å².